The molecule has 1 amide bonds. The van der Waals surface area contributed by atoms with Crippen molar-refractivity contribution in [2.45, 2.75) is 57.9 Å². The maximum atomic E-state index is 11.9. The second kappa shape index (κ2) is 20.4. The Bertz CT molecular complexity index is 943. The van der Waals surface area contributed by atoms with Gasteiger partial charge in [-0.2, -0.15) is 5.26 Å². The predicted octanol–water partition coefficient (Wildman–Crippen LogP) is -1.79. The summed E-state index contributed by atoms with van der Waals surface area (Å²) in [4.78, 5) is 46.5. The molecular weight excluding hydrogens is 562 g/mol. The lowest BCUT2D eigenvalue weighted by Crippen LogP contribution is -2.63. The topological polar surface area (TPSA) is 233 Å². The fourth-order valence-corrected chi connectivity index (χ4v) is 3.73. The Morgan fingerprint density at radius 2 is 1.45 bits per heavy atom. The Kier molecular flexibility index (Phi) is 17.7. The molecule has 42 heavy (non-hydrogen) atoms. The molecule has 0 bridgehead atoms. The van der Waals surface area contributed by atoms with Crippen molar-refractivity contribution < 1.29 is 57.1 Å². The Labute approximate surface area is 244 Å². The van der Waals surface area contributed by atoms with Gasteiger partial charge in [0, 0.05) is 40.6 Å². The fourth-order valence-electron chi connectivity index (χ4n) is 3.73. The van der Waals surface area contributed by atoms with E-state index in [1.54, 1.807) is 6.07 Å². The van der Waals surface area contributed by atoms with Crippen LogP contribution in [0.5, 0.6) is 0 Å². The van der Waals surface area contributed by atoms with Crippen LogP contribution >= 0.6 is 0 Å². The lowest BCUT2D eigenvalue weighted by atomic mass is 9.97. The number of nitrogens with zero attached hydrogens (tertiary/aromatic N) is 2. The van der Waals surface area contributed by atoms with Crippen LogP contribution in [0, 0.1) is 11.3 Å². The molecule has 0 radical (unpaired) electrons. The predicted molar refractivity (Wildman–Crippen MR) is 141 cm³/mol. The van der Waals surface area contributed by atoms with Crippen LogP contribution in [0.25, 0.3) is 0 Å². The molecule has 0 aliphatic carbocycles. The van der Waals surface area contributed by atoms with E-state index < -0.39 is 48.6 Å². The number of rotatable bonds is 19. The van der Waals surface area contributed by atoms with Crippen LogP contribution in [0.15, 0.2) is 11.9 Å². The molecule has 0 spiro atoms. The summed E-state index contributed by atoms with van der Waals surface area (Å²) in [5.41, 5.74) is 6.26. The average molecular weight is 604 g/mol. The van der Waals surface area contributed by atoms with Gasteiger partial charge in [0.15, 0.2) is 24.6 Å². The maximum absolute atomic E-state index is 11.9. The first-order valence-electron chi connectivity index (χ1n) is 13.0. The average Bonchev–Trinajstić information content (AvgIpc) is 2.89. The minimum atomic E-state index is -1.24. The third-order valence-corrected chi connectivity index (χ3v) is 5.27. The summed E-state index contributed by atoms with van der Waals surface area (Å²) in [6, 6.07) is 1.75. The summed E-state index contributed by atoms with van der Waals surface area (Å²) >= 11 is 0. The van der Waals surface area contributed by atoms with Crippen LogP contribution in [0.4, 0.5) is 0 Å². The van der Waals surface area contributed by atoms with Crippen LogP contribution in [0.1, 0.15) is 27.2 Å². The summed E-state index contributed by atoms with van der Waals surface area (Å²) in [7, 11) is 1.31. The number of methoxy groups -OCH3 is 1. The molecule has 0 aromatic heterocycles. The van der Waals surface area contributed by atoms with Gasteiger partial charge in [0.1, 0.15) is 12.5 Å². The standard InChI is InChI=1S/C25H41N5O12/c1-16(31)39-22-20(42-25(35-4)24(41-18(3)33)23(22)40-17(2)32)14-30(28)13-19(27)15-38-12-11-37-10-9-36-8-7-29-21(34)5-6-26/h13,20,22-25H,5,7-12,14-15,27-28H2,1-4H3,(H,29,34)/b19-13-. The van der Waals surface area contributed by atoms with Gasteiger partial charge >= 0.3 is 17.9 Å². The Hall–Kier alpha value is -3.53. The van der Waals surface area contributed by atoms with Gasteiger partial charge in [-0.3, -0.25) is 19.2 Å². The molecule has 5 N–H and O–H groups in total. The van der Waals surface area contributed by atoms with E-state index in [-0.39, 0.29) is 44.4 Å². The second-order valence-electron chi connectivity index (χ2n) is 8.86. The quantitative estimate of drug-likeness (QED) is 0.0486. The van der Waals surface area contributed by atoms with Crippen molar-refractivity contribution in [3.05, 3.63) is 11.9 Å². The summed E-state index contributed by atoms with van der Waals surface area (Å²) in [6.45, 7) is 5.18. The molecule has 238 valence electrons. The first kappa shape index (κ1) is 36.5. The number of carbonyl (C=O) groups excluding carboxylic acids is 4. The van der Waals surface area contributed by atoms with Gasteiger partial charge in [0.25, 0.3) is 0 Å². The van der Waals surface area contributed by atoms with Crippen molar-refractivity contribution in [2.75, 3.05) is 59.8 Å². The number of amides is 1. The highest BCUT2D eigenvalue weighted by Gasteiger charge is 2.52. The van der Waals surface area contributed by atoms with Gasteiger partial charge in [-0.05, 0) is 0 Å². The van der Waals surface area contributed by atoms with E-state index in [1.165, 1.54) is 25.2 Å². The van der Waals surface area contributed by atoms with Crippen molar-refractivity contribution in [3.63, 3.8) is 0 Å². The zero-order valence-corrected chi connectivity index (χ0v) is 24.3. The van der Waals surface area contributed by atoms with Crippen molar-refractivity contribution in [1.29, 1.82) is 5.26 Å². The van der Waals surface area contributed by atoms with Gasteiger partial charge in [0.2, 0.25) is 5.91 Å². The van der Waals surface area contributed by atoms with Crippen molar-refractivity contribution >= 4 is 23.8 Å². The highest BCUT2D eigenvalue weighted by Crippen LogP contribution is 2.29. The molecule has 1 rings (SSSR count). The minimum Gasteiger partial charge on any atom is -0.456 e. The lowest BCUT2D eigenvalue weighted by molar-refractivity contribution is -0.299. The molecular formula is C25H41N5O12. The van der Waals surface area contributed by atoms with Gasteiger partial charge in [-0.25, -0.2) is 5.84 Å². The molecule has 1 aliphatic rings. The number of esters is 3. The van der Waals surface area contributed by atoms with Crippen LogP contribution in [0.2, 0.25) is 0 Å². The van der Waals surface area contributed by atoms with E-state index in [0.29, 0.717) is 26.4 Å². The monoisotopic (exact) mass is 603 g/mol. The van der Waals surface area contributed by atoms with Crippen molar-refractivity contribution in [3.8, 4) is 6.07 Å². The number of hydrazine groups is 1. The van der Waals surface area contributed by atoms with Crippen molar-refractivity contribution in [1.82, 2.24) is 10.3 Å². The molecule has 0 aromatic rings. The van der Waals surface area contributed by atoms with Gasteiger partial charge < -0.3 is 54.0 Å². The van der Waals surface area contributed by atoms with E-state index in [2.05, 4.69) is 5.32 Å². The number of nitriles is 1. The minimum absolute atomic E-state index is 0.0279. The number of hydrogen-bond donors (Lipinski definition) is 3. The lowest BCUT2D eigenvalue weighted by Gasteiger charge is -2.44. The summed E-state index contributed by atoms with van der Waals surface area (Å²) in [5, 5.41) is 12.1. The molecule has 5 atom stereocenters. The number of ether oxygens (including phenoxy) is 8. The van der Waals surface area contributed by atoms with E-state index in [1.807, 2.05) is 0 Å². The van der Waals surface area contributed by atoms with Gasteiger partial charge in [-0.1, -0.05) is 0 Å². The van der Waals surface area contributed by atoms with Gasteiger partial charge in [-0.15, -0.1) is 0 Å². The van der Waals surface area contributed by atoms with Crippen molar-refractivity contribution in [2.24, 2.45) is 11.6 Å². The highest BCUT2D eigenvalue weighted by molar-refractivity contribution is 5.77. The Morgan fingerprint density at radius 3 is 2.02 bits per heavy atom. The SMILES string of the molecule is COC1OC(CN(N)/C=C(\N)COCCOCCOCCNC(=O)CC#N)C(OC(C)=O)C(OC(C)=O)C1OC(C)=O. The number of nitrogens with one attached hydrogen (secondary N) is 1. The summed E-state index contributed by atoms with van der Waals surface area (Å²) < 4.78 is 43.3. The first-order valence-corrected chi connectivity index (χ1v) is 13.0. The Morgan fingerprint density at radius 1 is 0.905 bits per heavy atom. The normalized spacial score (nSPS) is 22.0. The summed E-state index contributed by atoms with van der Waals surface area (Å²) in [5.74, 6) is 3.66. The van der Waals surface area contributed by atoms with Crippen LogP contribution in [-0.2, 0) is 57.1 Å². The first-order chi connectivity index (χ1) is 20.0. The van der Waals surface area contributed by atoms with E-state index >= 15 is 0 Å². The number of carbonyl (C=O) groups is 4. The third-order valence-electron chi connectivity index (χ3n) is 5.27. The third kappa shape index (κ3) is 14.9. The molecule has 17 nitrogen and oxygen atoms in total. The second-order valence-corrected chi connectivity index (χ2v) is 8.86. The number of nitrogens with two attached hydrogens (primary N) is 2. The largest absolute Gasteiger partial charge is 0.456 e. The van der Waals surface area contributed by atoms with Gasteiger partial charge in [0.05, 0.1) is 58.0 Å². The summed E-state index contributed by atoms with van der Waals surface area (Å²) in [6.07, 6.45) is -4.58. The molecule has 0 aromatic carbocycles. The Balaban J connectivity index is 2.55. The van der Waals surface area contributed by atoms with E-state index in [4.69, 9.17) is 54.7 Å². The molecule has 1 fully saturated rings. The smallest absolute Gasteiger partial charge is 0.303 e. The zero-order chi connectivity index (χ0) is 31.5. The highest BCUT2D eigenvalue weighted by atomic mass is 16.7. The van der Waals surface area contributed by atoms with Crippen LogP contribution in [0.3, 0.4) is 0 Å². The molecule has 5 unspecified atom stereocenters. The molecule has 1 aliphatic heterocycles. The molecule has 1 heterocycles. The zero-order valence-electron chi connectivity index (χ0n) is 24.3. The van der Waals surface area contributed by atoms with Crippen LogP contribution in [-0.4, -0.2) is 119 Å². The molecule has 0 saturated carbocycles. The van der Waals surface area contributed by atoms with E-state index in [0.717, 1.165) is 13.8 Å². The maximum Gasteiger partial charge on any atom is 0.303 e. The van der Waals surface area contributed by atoms with Crippen LogP contribution < -0.4 is 16.9 Å². The fraction of sp³-hybridized carbons (Fsp3) is 0.720. The molecule has 1 saturated heterocycles. The van der Waals surface area contributed by atoms with E-state index in [9.17, 15) is 19.2 Å². The molecule has 17 heteroatoms. The number of hydrogen-bond acceptors (Lipinski definition) is 16.